The van der Waals surface area contributed by atoms with Gasteiger partial charge in [-0.05, 0) is 35.9 Å². The maximum atomic E-state index is 12.1. The molecule has 0 amide bonds. The Morgan fingerprint density at radius 1 is 1.14 bits per heavy atom. The normalized spacial score (nSPS) is 10.7. The summed E-state index contributed by atoms with van der Waals surface area (Å²) in [6, 6.07) is 9.94. The number of hydrogen-bond donors (Lipinski definition) is 1. The molecule has 0 aliphatic rings. The first-order chi connectivity index (χ1) is 10.5. The van der Waals surface area contributed by atoms with Gasteiger partial charge < -0.3 is 14.6 Å². The largest absolute Gasteiger partial charge is 0.502 e. The van der Waals surface area contributed by atoms with Gasteiger partial charge in [0.2, 0.25) is 5.75 Å². The number of rotatable bonds is 5. The molecule has 2 aromatic rings. The summed E-state index contributed by atoms with van der Waals surface area (Å²) < 4.78 is 10.1. The van der Waals surface area contributed by atoms with Gasteiger partial charge in [0.1, 0.15) is 0 Å². The van der Waals surface area contributed by atoms with Crippen molar-refractivity contribution in [2.45, 2.75) is 0 Å². The zero-order valence-electron chi connectivity index (χ0n) is 12.2. The van der Waals surface area contributed by atoms with Crippen LogP contribution in [0.4, 0.5) is 0 Å². The fourth-order valence-corrected chi connectivity index (χ4v) is 2.11. The average Bonchev–Trinajstić information content (AvgIpc) is 2.53. The quantitative estimate of drug-likeness (QED) is 0.669. The molecule has 2 aromatic carbocycles. The first-order valence-electron chi connectivity index (χ1n) is 6.48. The molecule has 0 heterocycles. The predicted molar refractivity (Wildman–Crippen MR) is 86.0 cm³/mol. The number of carbonyl (C=O) groups is 1. The van der Waals surface area contributed by atoms with Crippen molar-refractivity contribution >= 4 is 23.5 Å². The number of phenols is 1. The Morgan fingerprint density at radius 3 is 2.32 bits per heavy atom. The van der Waals surface area contributed by atoms with Crippen LogP contribution in [0.2, 0.25) is 5.02 Å². The Labute approximate surface area is 133 Å². The summed E-state index contributed by atoms with van der Waals surface area (Å²) in [5, 5.41) is 10.4. The third-order valence-corrected chi connectivity index (χ3v) is 3.27. The monoisotopic (exact) mass is 318 g/mol. The number of allylic oxidation sites excluding steroid dienone is 1. The fourth-order valence-electron chi connectivity index (χ4n) is 1.92. The van der Waals surface area contributed by atoms with Crippen LogP contribution in [0.3, 0.4) is 0 Å². The number of carbonyl (C=O) groups excluding carboxylic acids is 1. The first kappa shape index (κ1) is 15.9. The van der Waals surface area contributed by atoms with Crippen LogP contribution < -0.4 is 9.47 Å². The maximum absolute atomic E-state index is 12.1. The Hall–Kier alpha value is -2.46. The molecule has 0 unspecified atom stereocenters. The van der Waals surface area contributed by atoms with Crippen LogP contribution in [0.25, 0.3) is 6.08 Å². The van der Waals surface area contributed by atoms with E-state index in [4.69, 9.17) is 21.1 Å². The van der Waals surface area contributed by atoms with Crippen molar-refractivity contribution < 1.29 is 19.4 Å². The lowest BCUT2D eigenvalue weighted by atomic mass is 10.1. The molecule has 0 saturated heterocycles. The lowest BCUT2D eigenvalue weighted by Gasteiger charge is -2.09. The van der Waals surface area contributed by atoms with Crippen molar-refractivity contribution in [3.05, 3.63) is 58.6 Å². The van der Waals surface area contributed by atoms with E-state index >= 15 is 0 Å². The van der Waals surface area contributed by atoms with Gasteiger partial charge in [-0.2, -0.15) is 0 Å². The smallest absolute Gasteiger partial charge is 0.200 e. The molecule has 0 radical (unpaired) electrons. The van der Waals surface area contributed by atoms with Crippen molar-refractivity contribution in [2.24, 2.45) is 0 Å². The van der Waals surface area contributed by atoms with Crippen LogP contribution in [0, 0.1) is 0 Å². The molecule has 0 spiro atoms. The predicted octanol–water partition coefficient (Wildman–Crippen LogP) is 3.96. The van der Waals surface area contributed by atoms with Gasteiger partial charge in [-0.15, -0.1) is 0 Å². The van der Waals surface area contributed by atoms with Crippen LogP contribution in [0.1, 0.15) is 15.9 Å². The Kier molecular flexibility index (Phi) is 5.07. The number of aromatic hydroxyl groups is 1. The van der Waals surface area contributed by atoms with Gasteiger partial charge in [-0.1, -0.05) is 29.8 Å². The topological polar surface area (TPSA) is 55.8 Å². The molecule has 1 N–H and O–H groups in total. The number of phenolic OH excluding ortho intramolecular Hbond substituents is 1. The van der Waals surface area contributed by atoms with E-state index in [2.05, 4.69) is 0 Å². The van der Waals surface area contributed by atoms with Gasteiger partial charge in [-0.3, -0.25) is 4.79 Å². The minimum absolute atomic E-state index is 0.0803. The molecule has 5 heteroatoms. The van der Waals surface area contributed by atoms with E-state index in [-0.39, 0.29) is 23.0 Å². The number of halogens is 1. The highest BCUT2D eigenvalue weighted by Crippen LogP contribution is 2.37. The van der Waals surface area contributed by atoms with Gasteiger partial charge >= 0.3 is 0 Å². The molecule has 4 nitrogen and oxygen atoms in total. The fraction of sp³-hybridized carbons (Fsp3) is 0.118. The van der Waals surface area contributed by atoms with Crippen molar-refractivity contribution in [3.63, 3.8) is 0 Å². The van der Waals surface area contributed by atoms with Crippen molar-refractivity contribution in [3.8, 4) is 17.2 Å². The second-order valence-electron chi connectivity index (χ2n) is 4.48. The lowest BCUT2D eigenvalue weighted by molar-refractivity contribution is 0.104. The number of methoxy groups -OCH3 is 2. The third-order valence-electron chi connectivity index (χ3n) is 3.04. The summed E-state index contributed by atoms with van der Waals surface area (Å²) in [5.74, 6) is 0.292. The van der Waals surface area contributed by atoms with Crippen LogP contribution in [0.15, 0.2) is 42.5 Å². The molecule has 0 aliphatic carbocycles. The molecular formula is C17H15ClO4. The highest BCUT2D eigenvalue weighted by molar-refractivity contribution is 6.31. The minimum atomic E-state index is -0.173. The van der Waals surface area contributed by atoms with Crippen molar-refractivity contribution in [1.82, 2.24) is 0 Å². The van der Waals surface area contributed by atoms with Gasteiger partial charge in [0, 0.05) is 10.6 Å². The summed E-state index contributed by atoms with van der Waals surface area (Å²) >= 11 is 5.87. The molecule has 0 aromatic heterocycles. The van der Waals surface area contributed by atoms with E-state index in [1.54, 1.807) is 42.5 Å². The summed E-state index contributed by atoms with van der Waals surface area (Å²) in [6.45, 7) is 0. The standard InChI is InChI=1S/C17H15ClO4/c1-21-15-8-11(9-16(22-2)17(15)20)6-7-14(19)12-4-3-5-13(18)10-12/h3-10,20H,1-2H3. The van der Waals surface area contributed by atoms with Crippen molar-refractivity contribution in [1.29, 1.82) is 0 Å². The molecule has 0 atom stereocenters. The van der Waals surface area contributed by atoms with Crippen molar-refractivity contribution in [2.75, 3.05) is 14.2 Å². The molecular weight excluding hydrogens is 304 g/mol. The third kappa shape index (κ3) is 3.59. The van der Waals surface area contributed by atoms with Crippen LogP contribution >= 0.6 is 11.6 Å². The zero-order valence-corrected chi connectivity index (χ0v) is 12.9. The Balaban J connectivity index is 2.28. The number of ether oxygens (including phenoxy) is 2. The SMILES string of the molecule is COc1cc(C=CC(=O)c2cccc(Cl)c2)cc(OC)c1O. The van der Waals surface area contributed by atoms with E-state index in [1.165, 1.54) is 20.3 Å². The van der Waals surface area contributed by atoms with Gasteiger partial charge in [-0.25, -0.2) is 0 Å². The van der Waals surface area contributed by atoms with E-state index in [0.29, 0.717) is 16.1 Å². The molecule has 114 valence electrons. The minimum Gasteiger partial charge on any atom is -0.502 e. The number of hydrogen-bond acceptors (Lipinski definition) is 4. The molecule has 0 saturated carbocycles. The maximum Gasteiger partial charge on any atom is 0.200 e. The van der Waals surface area contributed by atoms with Gasteiger partial charge in [0.25, 0.3) is 0 Å². The first-order valence-corrected chi connectivity index (χ1v) is 6.86. The van der Waals surface area contributed by atoms with E-state index in [1.807, 2.05) is 0 Å². The van der Waals surface area contributed by atoms with Crippen LogP contribution in [-0.2, 0) is 0 Å². The summed E-state index contributed by atoms with van der Waals surface area (Å²) in [7, 11) is 2.89. The Morgan fingerprint density at radius 2 is 1.77 bits per heavy atom. The van der Waals surface area contributed by atoms with Crippen LogP contribution in [0.5, 0.6) is 17.2 Å². The van der Waals surface area contributed by atoms with E-state index < -0.39 is 0 Å². The van der Waals surface area contributed by atoms with Gasteiger partial charge in [0.15, 0.2) is 17.3 Å². The second-order valence-corrected chi connectivity index (χ2v) is 4.92. The summed E-state index contributed by atoms with van der Waals surface area (Å²) in [4.78, 5) is 12.1. The van der Waals surface area contributed by atoms with E-state index in [0.717, 1.165) is 0 Å². The lowest BCUT2D eigenvalue weighted by Crippen LogP contribution is -1.94. The molecule has 22 heavy (non-hydrogen) atoms. The molecule has 0 fully saturated rings. The molecule has 0 aliphatic heterocycles. The van der Waals surface area contributed by atoms with E-state index in [9.17, 15) is 9.90 Å². The molecule has 0 bridgehead atoms. The van der Waals surface area contributed by atoms with Gasteiger partial charge in [0.05, 0.1) is 14.2 Å². The molecule has 2 rings (SSSR count). The number of benzene rings is 2. The highest BCUT2D eigenvalue weighted by atomic mass is 35.5. The average molecular weight is 319 g/mol. The second kappa shape index (κ2) is 7.00. The zero-order chi connectivity index (χ0) is 16.1. The Bertz CT molecular complexity index is 697. The highest BCUT2D eigenvalue weighted by Gasteiger charge is 2.10. The summed E-state index contributed by atoms with van der Waals surface area (Å²) in [5.41, 5.74) is 1.17. The number of ketones is 1. The van der Waals surface area contributed by atoms with Crippen LogP contribution in [-0.4, -0.2) is 25.1 Å². The summed E-state index contributed by atoms with van der Waals surface area (Å²) in [6.07, 6.45) is 3.05.